The van der Waals surface area contributed by atoms with E-state index in [0.29, 0.717) is 17.9 Å². The van der Waals surface area contributed by atoms with Gasteiger partial charge in [0.15, 0.2) is 0 Å². The minimum atomic E-state index is -0.120. The fraction of sp³-hybridized carbons (Fsp3) is 0.143. The maximum atomic E-state index is 12.3. The minimum Gasteiger partial charge on any atom is -0.497 e. The molecular weight excluding hydrogens is 340 g/mol. The average molecular weight is 362 g/mol. The van der Waals surface area contributed by atoms with E-state index in [9.17, 15) is 4.79 Å². The summed E-state index contributed by atoms with van der Waals surface area (Å²) < 4.78 is 5.10. The van der Waals surface area contributed by atoms with Crippen molar-refractivity contribution in [3.05, 3.63) is 77.5 Å². The first kappa shape index (κ1) is 18.3. The van der Waals surface area contributed by atoms with Gasteiger partial charge in [0.2, 0.25) is 0 Å². The molecule has 1 aromatic heterocycles. The average Bonchev–Trinajstić information content (AvgIpc) is 2.69. The molecule has 0 saturated carbocycles. The number of aromatic nitrogens is 1. The van der Waals surface area contributed by atoms with Crippen LogP contribution < -0.4 is 21.1 Å². The number of nitrogens with one attached hydrogen (secondary N) is 2. The number of nitrogens with zero attached hydrogens (tertiary/aromatic N) is 1. The standard InChI is InChI=1S/C21H22N4O2/c1-14-11-15(3-9-19(14)25-17-6-10-20(22)23-13-17)12-24-21(26)16-4-7-18(27-2)8-5-16/h3-11,13,25H,12H2,1-2H3,(H2,22,23)(H,24,26). The molecule has 0 fully saturated rings. The number of carbonyl (C=O) groups is 1. The van der Waals surface area contributed by atoms with Crippen LogP contribution in [0.1, 0.15) is 21.5 Å². The van der Waals surface area contributed by atoms with E-state index in [-0.39, 0.29) is 5.91 Å². The van der Waals surface area contributed by atoms with Crippen molar-refractivity contribution in [1.82, 2.24) is 10.3 Å². The quantitative estimate of drug-likeness (QED) is 0.623. The molecule has 1 amide bonds. The molecule has 6 heteroatoms. The predicted octanol–water partition coefficient (Wildman–Crippen LogP) is 3.65. The van der Waals surface area contributed by atoms with E-state index in [0.717, 1.165) is 28.3 Å². The van der Waals surface area contributed by atoms with Gasteiger partial charge in [0.25, 0.3) is 5.91 Å². The zero-order valence-electron chi connectivity index (χ0n) is 15.3. The van der Waals surface area contributed by atoms with E-state index in [1.165, 1.54) is 0 Å². The summed E-state index contributed by atoms with van der Waals surface area (Å²) in [6.45, 7) is 2.47. The van der Waals surface area contributed by atoms with Crippen molar-refractivity contribution in [2.75, 3.05) is 18.2 Å². The Hall–Kier alpha value is -3.54. The maximum absolute atomic E-state index is 12.3. The molecule has 2 aromatic carbocycles. The monoisotopic (exact) mass is 362 g/mol. The molecule has 0 saturated heterocycles. The van der Waals surface area contributed by atoms with Crippen LogP contribution in [0.15, 0.2) is 60.8 Å². The molecule has 4 N–H and O–H groups in total. The fourth-order valence-corrected chi connectivity index (χ4v) is 2.64. The summed E-state index contributed by atoms with van der Waals surface area (Å²) in [4.78, 5) is 16.3. The second-order valence-electron chi connectivity index (χ2n) is 6.16. The number of ether oxygens (including phenoxy) is 1. The third-order valence-electron chi connectivity index (χ3n) is 4.16. The lowest BCUT2D eigenvalue weighted by atomic mass is 10.1. The Balaban J connectivity index is 1.61. The summed E-state index contributed by atoms with van der Waals surface area (Å²) in [6.07, 6.45) is 1.69. The number of rotatable bonds is 6. The molecule has 6 nitrogen and oxygen atoms in total. The molecule has 1 heterocycles. The Kier molecular flexibility index (Phi) is 5.56. The van der Waals surface area contributed by atoms with E-state index in [1.54, 1.807) is 43.6 Å². The van der Waals surface area contributed by atoms with Gasteiger partial charge >= 0.3 is 0 Å². The van der Waals surface area contributed by atoms with Gasteiger partial charge in [-0.3, -0.25) is 4.79 Å². The molecule has 0 aliphatic heterocycles. The Labute approximate surface area is 158 Å². The zero-order chi connectivity index (χ0) is 19.2. The number of nitrogens with two attached hydrogens (primary N) is 1. The zero-order valence-corrected chi connectivity index (χ0v) is 15.3. The Bertz CT molecular complexity index is 922. The van der Waals surface area contributed by atoms with Gasteiger partial charge in [0, 0.05) is 17.8 Å². The third kappa shape index (κ3) is 4.76. The molecule has 3 aromatic rings. The Morgan fingerprint density at radius 2 is 1.89 bits per heavy atom. The normalized spacial score (nSPS) is 10.3. The van der Waals surface area contributed by atoms with Gasteiger partial charge in [0.05, 0.1) is 19.0 Å². The second-order valence-corrected chi connectivity index (χ2v) is 6.16. The number of hydrogen-bond acceptors (Lipinski definition) is 5. The summed E-state index contributed by atoms with van der Waals surface area (Å²) in [5.41, 5.74) is 10.1. The van der Waals surface area contributed by atoms with Gasteiger partial charge < -0.3 is 21.1 Å². The van der Waals surface area contributed by atoms with Gasteiger partial charge in [-0.25, -0.2) is 4.98 Å². The largest absolute Gasteiger partial charge is 0.497 e. The second kappa shape index (κ2) is 8.23. The highest BCUT2D eigenvalue weighted by Gasteiger charge is 2.07. The van der Waals surface area contributed by atoms with E-state index in [1.807, 2.05) is 31.2 Å². The smallest absolute Gasteiger partial charge is 0.251 e. The lowest BCUT2D eigenvalue weighted by molar-refractivity contribution is 0.0951. The van der Waals surface area contributed by atoms with Gasteiger partial charge in [-0.15, -0.1) is 0 Å². The molecule has 27 heavy (non-hydrogen) atoms. The van der Waals surface area contributed by atoms with Crippen molar-refractivity contribution in [3.8, 4) is 5.75 Å². The number of hydrogen-bond donors (Lipinski definition) is 3. The molecule has 0 spiro atoms. The Morgan fingerprint density at radius 3 is 2.52 bits per heavy atom. The minimum absolute atomic E-state index is 0.120. The van der Waals surface area contributed by atoms with Crippen LogP contribution in [0.4, 0.5) is 17.2 Å². The molecule has 0 radical (unpaired) electrons. The predicted molar refractivity (Wildman–Crippen MR) is 107 cm³/mol. The van der Waals surface area contributed by atoms with E-state index in [4.69, 9.17) is 10.5 Å². The van der Waals surface area contributed by atoms with Crippen LogP contribution in [0.25, 0.3) is 0 Å². The number of methoxy groups -OCH3 is 1. The fourth-order valence-electron chi connectivity index (χ4n) is 2.64. The SMILES string of the molecule is COc1ccc(C(=O)NCc2ccc(Nc3ccc(N)nc3)c(C)c2)cc1. The molecule has 3 rings (SSSR count). The summed E-state index contributed by atoms with van der Waals surface area (Å²) >= 11 is 0. The maximum Gasteiger partial charge on any atom is 0.251 e. The summed E-state index contributed by atoms with van der Waals surface area (Å²) in [7, 11) is 1.60. The number of anilines is 3. The molecule has 0 atom stereocenters. The lowest BCUT2D eigenvalue weighted by Gasteiger charge is -2.12. The molecule has 0 unspecified atom stereocenters. The number of carbonyl (C=O) groups excluding carboxylic acids is 1. The van der Waals surface area contributed by atoms with Gasteiger partial charge in [0.1, 0.15) is 11.6 Å². The first-order chi connectivity index (χ1) is 13.0. The third-order valence-corrected chi connectivity index (χ3v) is 4.16. The van der Waals surface area contributed by atoms with E-state index < -0.39 is 0 Å². The topological polar surface area (TPSA) is 89.3 Å². The molecule has 0 aliphatic rings. The van der Waals surface area contributed by atoms with Crippen LogP contribution in [0.3, 0.4) is 0 Å². The van der Waals surface area contributed by atoms with Crippen molar-refractivity contribution in [2.24, 2.45) is 0 Å². The van der Waals surface area contributed by atoms with E-state index in [2.05, 4.69) is 15.6 Å². The number of pyridine rings is 1. The van der Waals surface area contributed by atoms with Crippen LogP contribution >= 0.6 is 0 Å². The van der Waals surface area contributed by atoms with Crippen molar-refractivity contribution in [3.63, 3.8) is 0 Å². The van der Waals surface area contributed by atoms with Gasteiger partial charge in [-0.05, 0) is 60.5 Å². The van der Waals surface area contributed by atoms with Crippen molar-refractivity contribution in [2.45, 2.75) is 13.5 Å². The van der Waals surface area contributed by atoms with Gasteiger partial charge in [-0.1, -0.05) is 12.1 Å². The van der Waals surface area contributed by atoms with Crippen LogP contribution in [0.2, 0.25) is 0 Å². The number of aryl methyl sites for hydroxylation is 1. The van der Waals surface area contributed by atoms with Crippen LogP contribution in [0.5, 0.6) is 5.75 Å². The Morgan fingerprint density at radius 1 is 1.11 bits per heavy atom. The molecule has 138 valence electrons. The van der Waals surface area contributed by atoms with Crippen LogP contribution in [-0.4, -0.2) is 18.0 Å². The number of benzene rings is 2. The number of amides is 1. The summed E-state index contributed by atoms with van der Waals surface area (Å²) in [5.74, 6) is 1.09. The van der Waals surface area contributed by atoms with Crippen molar-refractivity contribution < 1.29 is 9.53 Å². The lowest BCUT2D eigenvalue weighted by Crippen LogP contribution is -2.22. The highest BCUT2D eigenvalue weighted by atomic mass is 16.5. The van der Waals surface area contributed by atoms with Crippen LogP contribution in [-0.2, 0) is 6.54 Å². The van der Waals surface area contributed by atoms with Crippen LogP contribution in [0, 0.1) is 6.92 Å². The molecule has 0 aliphatic carbocycles. The molecule has 0 bridgehead atoms. The summed E-state index contributed by atoms with van der Waals surface area (Å²) in [5, 5.41) is 6.24. The van der Waals surface area contributed by atoms with Gasteiger partial charge in [-0.2, -0.15) is 0 Å². The first-order valence-electron chi connectivity index (χ1n) is 8.55. The van der Waals surface area contributed by atoms with Crippen molar-refractivity contribution in [1.29, 1.82) is 0 Å². The van der Waals surface area contributed by atoms with E-state index >= 15 is 0 Å². The number of nitrogen functional groups attached to an aromatic ring is 1. The highest BCUT2D eigenvalue weighted by molar-refractivity contribution is 5.94. The highest BCUT2D eigenvalue weighted by Crippen LogP contribution is 2.21. The summed E-state index contributed by atoms with van der Waals surface area (Å²) in [6, 6.07) is 16.7. The first-order valence-corrected chi connectivity index (χ1v) is 8.55. The molecular formula is C21H22N4O2. The van der Waals surface area contributed by atoms with Crippen molar-refractivity contribution >= 4 is 23.1 Å².